The predicted molar refractivity (Wildman–Crippen MR) is 83.9 cm³/mol. The van der Waals surface area contributed by atoms with Crippen LogP contribution in [0.3, 0.4) is 0 Å². The van der Waals surface area contributed by atoms with E-state index < -0.39 is 0 Å². The van der Waals surface area contributed by atoms with Crippen LogP contribution in [0.25, 0.3) is 0 Å². The number of anilines is 1. The number of pyridine rings is 1. The summed E-state index contributed by atoms with van der Waals surface area (Å²) in [5.74, 6) is 1.16. The fraction of sp³-hybridized carbons (Fsp3) is 0.250. The largest absolute Gasteiger partial charge is 0.457 e. The lowest BCUT2D eigenvalue weighted by Crippen LogP contribution is -2.28. The first kappa shape index (κ1) is 15.9. The monoisotopic (exact) mass is 301 g/mol. The van der Waals surface area contributed by atoms with Crippen LogP contribution in [-0.2, 0) is 9.53 Å². The van der Waals surface area contributed by atoms with Crippen molar-refractivity contribution in [3.8, 4) is 11.5 Å². The minimum absolute atomic E-state index is 0.154. The van der Waals surface area contributed by atoms with Crippen molar-refractivity contribution in [3.05, 3.63) is 48.8 Å². The number of hydrogen-bond acceptors (Lipinski definition) is 5. The number of carbonyl (C=O) groups is 1. The zero-order valence-electron chi connectivity index (χ0n) is 12.4. The molecule has 0 fully saturated rings. The van der Waals surface area contributed by atoms with E-state index in [2.05, 4.69) is 10.3 Å². The Balaban J connectivity index is 1.98. The number of nitrogens with zero attached hydrogens (tertiary/aromatic N) is 1. The van der Waals surface area contributed by atoms with Gasteiger partial charge in [-0.15, -0.1) is 0 Å². The second kappa shape index (κ2) is 8.11. The van der Waals surface area contributed by atoms with Crippen LogP contribution in [0.15, 0.2) is 48.8 Å². The van der Waals surface area contributed by atoms with E-state index in [4.69, 9.17) is 15.2 Å². The van der Waals surface area contributed by atoms with Crippen molar-refractivity contribution in [2.45, 2.75) is 12.5 Å². The van der Waals surface area contributed by atoms with Gasteiger partial charge >= 0.3 is 0 Å². The molecule has 0 spiro atoms. The van der Waals surface area contributed by atoms with Crippen LogP contribution in [0.2, 0.25) is 0 Å². The quantitative estimate of drug-likeness (QED) is 0.818. The summed E-state index contributed by atoms with van der Waals surface area (Å²) >= 11 is 0. The molecule has 1 aromatic carbocycles. The Morgan fingerprint density at radius 1 is 1.27 bits per heavy atom. The highest BCUT2D eigenvalue weighted by Crippen LogP contribution is 2.23. The van der Waals surface area contributed by atoms with Gasteiger partial charge in [-0.1, -0.05) is 6.07 Å². The van der Waals surface area contributed by atoms with Gasteiger partial charge in [0, 0.05) is 37.8 Å². The first-order chi connectivity index (χ1) is 10.7. The molecule has 6 heteroatoms. The molecule has 0 aliphatic rings. The molecule has 2 rings (SSSR count). The number of aromatic nitrogens is 1. The molecule has 1 aromatic heterocycles. The van der Waals surface area contributed by atoms with Gasteiger partial charge in [0.1, 0.15) is 11.5 Å². The highest BCUT2D eigenvalue weighted by Gasteiger charge is 2.11. The summed E-state index contributed by atoms with van der Waals surface area (Å²) in [5.41, 5.74) is 6.16. The second-order valence-corrected chi connectivity index (χ2v) is 4.66. The Kier molecular flexibility index (Phi) is 5.88. The number of amides is 1. The van der Waals surface area contributed by atoms with Gasteiger partial charge in [0.25, 0.3) is 0 Å². The van der Waals surface area contributed by atoms with Crippen LogP contribution >= 0.6 is 0 Å². The molecule has 2 aromatic rings. The number of hydrogen-bond donors (Lipinski definition) is 2. The molecule has 116 valence electrons. The van der Waals surface area contributed by atoms with Crippen molar-refractivity contribution in [2.24, 2.45) is 5.73 Å². The molecule has 22 heavy (non-hydrogen) atoms. The molecular formula is C16H19N3O3. The molecule has 0 bridgehead atoms. The van der Waals surface area contributed by atoms with Gasteiger partial charge in [-0.2, -0.15) is 0 Å². The van der Waals surface area contributed by atoms with E-state index in [0.717, 1.165) is 0 Å². The number of nitrogens with one attached hydrogen (secondary N) is 1. The third-order valence-corrected chi connectivity index (χ3v) is 3.01. The SMILES string of the molecule is COC(CN)CC(=O)Nc1cccc(Oc2ccncc2)c1. The van der Waals surface area contributed by atoms with Gasteiger partial charge in [0.05, 0.1) is 12.5 Å². The lowest BCUT2D eigenvalue weighted by atomic mass is 10.2. The van der Waals surface area contributed by atoms with Crippen molar-refractivity contribution in [3.63, 3.8) is 0 Å². The van der Waals surface area contributed by atoms with E-state index >= 15 is 0 Å². The summed E-state index contributed by atoms with van der Waals surface area (Å²) in [6.45, 7) is 0.301. The Hall–Kier alpha value is -2.44. The van der Waals surface area contributed by atoms with Crippen molar-refractivity contribution >= 4 is 11.6 Å². The number of ether oxygens (including phenoxy) is 2. The molecule has 1 amide bonds. The zero-order valence-corrected chi connectivity index (χ0v) is 12.4. The molecule has 0 saturated carbocycles. The van der Waals surface area contributed by atoms with Crippen LogP contribution in [0.1, 0.15) is 6.42 Å². The molecule has 6 nitrogen and oxygen atoms in total. The molecule has 1 unspecified atom stereocenters. The summed E-state index contributed by atoms with van der Waals surface area (Å²) in [7, 11) is 1.54. The molecule has 0 saturated heterocycles. The predicted octanol–water partition coefficient (Wildman–Crippen LogP) is 2.18. The van der Waals surface area contributed by atoms with Gasteiger partial charge < -0.3 is 20.5 Å². The minimum atomic E-state index is -0.281. The first-order valence-corrected chi connectivity index (χ1v) is 6.92. The van der Waals surface area contributed by atoms with Gasteiger partial charge in [-0.3, -0.25) is 9.78 Å². The van der Waals surface area contributed by atoms with E-state index in [1.165, 1.54) is 7.11 Å². The fourth-order valence-electron chi connectivity index (χ4n) is 1.86. The molecule has 1 heterocycles. The van der Waals surface area contributed by atoms with Crippen LogP contribution in [0, 0.1) is 0 Å². The Morgan fingerprint density at radius 2 is 2.05 bits per heavy atom. The summed E-state index contributed by atoms with van der Waals surface area (Å²) in [6, 6.07) is 10.7. The average Bonchev–Trinajstić information content (AvgIpc) is 2.54. The fourth-order valence-corrected chi connectivity index (χ4v) is 1.86. The molecule has 0 aliphatic heterocycles. The maximum Gasteiger partial charge on any atom is 0.227 e. The van der Waals surface area contributed by atoms with Crippen molar-refractivity contribution in [1.29, 1.82) is 0 Å². The van der Waals surface area contributed by atoms with Crippen molar-refractivity contribution in [1.82, 2.24) is 4.98 Å². The standard InChI is InChI=1S/C16H19N3O3/c1-21-15(11-17)10-16(20)19-12-3-2-4-14(9-12)22-13-5-7-18-8-6-13/h2-9,15H,10-11,17H2,1H3,(H,19,20). The van der Waals surface area contributed by atoms with Crippen LogP contribution in [0.5, 0.6) is 11.5 Å². The molecule has 0 aliphatic carbocycles. The highest BCUT2D eigenvalue weighted by molar-refractivity contribution is 5.91. The minimum Gasteiger partial charge on any atom is -0.457 e. The van der Waals surface area contributed by atoms with Crippen LogP contribution in [0.4, 0.5) is 5.69 Å². The normalized spacial score (nSPS) is 11.7. The van der Waals surface area contributed by atoms with E-state index in [9.17, 15) is 4.79 Å². The van der Waals surface area contributed by atoms with Gasteiger partial charge in [-0.05, 0) is 24.3 Å². The maximum atomic E-state index is 11.9. The van der Waals surface area contributed by atoms with Crippen molar-refractivity contribution in [2.75, 3.05) is 19.0 Å². The Bertz CT molecular complexity index is 601. The summed E-state index contributed by atoms with van der Waals surface area (Å²) in [5, 5.41) is 2.80. The van der Waals surface area contributed by atoms with E-state index in [-0.39, 0.29) is 18.4 Å². The summed E-state index contributed by atoms with van der Waals surface area (Å²) in [6.07, 6.45) is 3.23. The van der Waals surface area contributed by atoms with E-state index in [1.54, 1.807) is 36.7 Å². The Morgan fingerprint density at radius 3 is 2.73 bits per heavy atom. The lowest BCUT2D eigenvalue weighted by Gasteiger charge is -2.13. The highest BCUT2D eigenvalue weighted by atomic mass is 16.5. The van der Waals surface area contributed by atoms with Crippen molar-refractivity contribution < 1.29 is 14.3 Å². The topological polar surface area (TPSA) is 86.5 Å². The number of nitrogens with two attached hydrogens (primary N) is 1. The summed E-state index contributed by atoms with van der Waals surface area (Å²) < 4.78 is 10.8. The smallest absolute Gasteiger partial charge is 0.227 e. The third-order valence-electron chi connectivity index (χ3n) is 3.01. The van der Waals surface area contributed by atoms with Crippen LogP contribution < -0.4 is 15.8 Å². The average molecular weight is 301 g/mol. The summed E-state index contributed by atoms with van der Waals surface area (Å²) in [4.78, 5) is 15.8. The Labute approximate surface area is 129 Å². The zero-order chi connectivity index (χ0) is 15.8. The third kappa shape index (κ3) is 4.83. The van der Waals surface area contributed by atoms with Crippen LogP contribution in [-0.4, -0.2) is 30.6 Å². The van der Waals surface area contributed by atoms with Gasteiger partial charge in [0.15, 0.2) is 0 Å². The molecular weight excluding hydrogens is 282 g/mol. The second-order valence-electron chi connectivity index (χ2n) is 4.66. The molecule has 3 N–H and O–H groups in total. The lowest BCUT2D eigenvalue weighted by molar-refractivity contribution is -0.118. The number of rotatable bonds is 7. The van der Waals surface area contributed by atoms with Gasteiger partial charge in [0.2, 0.25) is 5.91 Å². The molecule has 1 atom stereocenters. The molecule has 0 radical (unpaired) electrons. The maximum absolute atomic E-state index is 11.9. The first-order valence-electron chi connectivity index (χ1n) is 6.92. The number of methoxy groups -OCH3 is 1. The number of benzene rings is 1. The van der Waals surface area contributed by atoms with E-state index in [1.807, 2.05) is 12.1 Å². The van der Waals surface area contributed by atoms with E-state index in [0.29, 0.717) is 23.7 Å². The number of carbonyl (C=O) groups excluding carboxylic acids is 1. The van der Waals surface area contributed by atoms with Gasteiger partial charge in [-0.25, -0.2) is 0 Å².